The zero-order chi connectivity index (χ0) is 15.8. The minimum atomic E-state index is 0.591. The van der Waals surface area contributed by atoms with Crippen molar-refractivity contribution >= 4 is 46.0 Å². The van der Waals surface area contributed by atoms with E-state index in [4.69, 9.17) is 11.6 Å². The second kappa shape index (κ2) is 6.38. The number of benzene rings is 1. The van der Waals surface area contributed by atoms with Crippen LogP contribution in [-0.4, -0.2) is 20.8 Å². The molecule has 6 heteroatoms. The molecule has 1 saturated carbocycles. The molecule has 1 aromatic carbocycles. The van der Waals surface area contributed by atoms with Crippen LogP contribution >= 0.6 is 35.1 Å². The van der Waals surface area contributed by atoms with Gasteiger partial charge in [0.05, 0.1) is 5.52 Å². The second-order valence-electron chi connectivity index (χ2n) is 5.63. The van der Waals surface area contributed by atoms with Crippen LogP contribution in [0.15, 0.2) is 46.7 Å². The molecule has 0 unspecified atom stereocenters. The highest BCUT2D eigenvalue weighted by Gasteiger charge is 2.25. The number of halogens is 1. The van der Waals surface area contributed by atoms with Crippen LogP contribution in [0.3, 0.4) is 0 Å². The molecule has 1 fully saturated rings. The maximum absolute atomic E-state index is 6.40. The molecular formula is C17H16ClN3S2. The van der Waals surface area contributed by atoms with Crippen molar-refractivity contribution in [2.75, 3.05) is 6.26 Å². The Balaban J connectivity index is 1.58. The quantitative estimate of drug-likeness (QED) is 0.447. The van der Waals surface area contributed by atoms with Gasteiger partial charge in [0.25, 0.3) is 0 Å². The highest BCUT2D eigenvalue weighted by atomic mass is 35.5. The summed E-state index contributed by atoms with van der Waals surface area (Å²) >= 11 is 9.84. The van der Waals surface area contributed by atoms with Gasteiger partial charge in [-0.15, -0.1) is 11.8 Å². The lowest BCUT2D eigenvalue weighted by atomic mass is 10.2. The standard InChI is InChI=1S/C17H16ClN3S2/c1-22-14-5-2-11-8-12(16(18)20-15(11)9-14)10-23-17-19-6-7-21(17)13-3-4-13/h2,5-9,13H,3-4,10H2,1H3. The Morgan fingerprint density at radius 3 is 2.96 bits per heavy atom. The van der Waals surface area contributed by atoms with Crippen LogP contribution < -0.4 is 0 Å². The van der Waals surface area contributed by atoms with Gasteiger partial charge in [-0.25, -0.2) is 9.97 Å². The van der Waals surface area contributed by atoms with Crippen LogP contribution in [0.2, 0.25) is 5.15 Å². The molecule has 2 heterocycles. The SMILES string of the molecule is CSc1ccc2cc(CSc3nccn3C3CC3)c(Cl)nc2c1. The number of pyridine rings is 1. The number of fused-ring (bicyclic) bond motifs is 1. The van der Waals surface area contributed by atoms with E-state index in [0.29, 0.717) is 11.2 Å². The molecule has 0 aliphatic heterocycles. The summed E-state index contributed by atoms with van der Waals surface area (Å²) in [5, 5.41) is 2.79. The fourth-order valence-corrected chi connectivity index (χ4v) is 4.30. The summed E-state index contributed by atoms with van der Waals surface area (Å²) < 4.78 is 2.28. The summed E-state index contributed by atoms with van der Waals surface area (Å²) in [5.74, 6) is 0.787. The summed E-state index contributed by atoms with van der Waals surface area (Å²) in [5.41, 5.74) is 2.02. The predicted molar refractivity (Wildman–Crippen MR) is 98.6 cm³/mol. The molecule has 0 N–H and O–H groups in total. The first-order valence-corrected chi connectivity index (χ1v) is 10.1. The summed E-state index contributed by atoms with van der Waals surface area (Å²) in [6.45, 7) is 0. The molecule has 0 bridgehead atoms. The molecule has 23 heavy (non-hydrogen) atoms. The third kappa shape index (κ3) is 3.23. The fourth-order valence-electron chi connectivity index (χ4n) is 2.58. The molecule has 0 spiro atoms. The van der Waals surface area contributed by atoms with Crippen LogP contribution in [0.5, 0.6) is 0 Å². The van der Waals surface area contributed by atoms with E-state index in [2.05, 4.69) is 51.3 Å². The predicted octanol–water partition coefficient (Wildman–Crippen LogP) is 5.43. The van der Waals surface area contributed by atoms with Crippen LogP contribution in [0.25, 0.3) is 10.9 Å². The summed E-state index contributed by atoms with van der Waals surface area (Å²) in [6, 6.07) is 9.12. The monoisotopic (exact) mass is 361 g/mol. The number of aromatic nitrogens is 3. The second-order valence-corrected chi connectivity index (χ2v) is 7.81. The van der Waals surface area contributed by atoms with Gasteiger partial charge in [0.15, 0.2) is 5.16 Å². The van der Waals surface area contributed by atoms with Gasteiger partial charge in [-0.1, -0.05) is 29.4 Å². The van der Waals surface area contributed by atoms with Gasteiger partial charge < -0.3 is 4.57 Å². The summed E-state index contributed by atoms with van der Waals surface area (Å²) in [4.78, 5) is 10.2. The van der Waals surface area contributed by atoms with Gasteiger partial charge in [-0.3, -0.25) is 0 Å². The number of rotatable bonds is 5. The smallest absolute Gasteiger partial charge is 0.168 e. The maximum atomic E-state index is 6.40. The Bertz CT molecular complexity index is 858. The van der Waals surface area contributed by atoms with Gasteiger partial charge in [0.1, 0.15) is 5.15 Å². The minimum Gasteiger partial charge on any atom is -0.323 e. The van der Waals surface area contributed by atoms with Gasteiger partial charge in [-0.05, 0) is 37.3 Å². The summed E-state index contributed by atoms with van der Waals surface area (Å²) in [7, 11) is 0. The summed E-state index contributed by atoms with van der Waals surface area (Å²) in [6.07, 6.45) is 8.55. The van der Waals surface area contributed by atoms with Crippen molar-refractivity contribution in [3.05, 3.63) is 47.4 Å². The molecule has 3 aromatic rings. The highest BCUT2D eigenvalue weighted by Crippen LogP contribution is 2.38. The van der Waals surface area contributed by atoms with Crippen molar-refractivity contribution in [3.63, 3.8) is 0 Å². The minimum absolute atomic E-state index is 0.591. The molecule has 0 amide bonds. The Morgan fingerprint density at radius 1 is 1.30 bits per heavy atom. The topological polar surface area (TPSA) is 30.7 Å². The zero-order valence-corrected chi connectivity index (χ0v) is 15.1. The first kappa shape index (κ1) is 15.4. The van der Waals surface area contributed by atoms with Crippen molar-refractivity contribution < 1.29 is 0 Å². The first-order chi connectivity index (χ1) is 11.2. The maximum Gasteiger partial charge on any atom is 0.168 e. The third-order valence-corrected chi connectivity index (χ3v) is 6.06. The fraction of sp³-hybridized carbons (Fsp3) is 0.294. The van der Waals surface area contributed by atoms with E-state index in [1.807, 2.05) is 6.20 Å². The van der Waals surface area contributed by atoms with E-state index < -0.39 is 0 Å². The Morgan fingerprint density at radius 2 is 2.17 bits per heavy atom. The largest absolute Gasteiger partial charge is 0.323 e. The molecule has 0 radical (unpaired) electrons. The average molecular weight is 362 g/mol. The number of thioether (sulfide) groups is 2. The van der Waals surface area contributed by atoms with Crippen molar-refractivity contribution in [3.8, 4) is 0 Å². The lowest BCUT2D eigenvalue weighted by Crippen LogP contribution is -1.95. The Labute approximate surface area is 148 Å². The number of imidazole rings is 1. The lowest BCUT2D eigenvalue weighted by Gasteiger charge is -2.08. The van der Waals surface area contributed by atoms with E-state index in [-0.39, 0.29) is 0 Å². The van der Waals surface area contributed by atoms with Crippen LogP contribution in [0, 0.1) is 0 Å². The van der Waals surface area contributed by atoms with Crippen molar-refractivity contribution in [1.29, 1.82) is 0 Å². The molecule has 0 saturated heterocycles. The van der Waals surface area contributed by atoms with Crippen molar-refractivity contribution in [1.82, 2.24) is 14.5 Å². The van der Waals surface area contributed by atoms with E-state index in [1.54, 1.807) is 23.5 Å². The van der Waals surface area contributed by atoms with Gasteiger partial charge in [-0.2, -0.15) is 0 Å². The third-order valence-electron chi connectivity index (χ3n) is 3.98. The normalized spacial score (nSPS) is 14.5. The van der Waals surface area contributed by atoms with Gasteiger partial charge in [0, 0.05) is 40.0 Å². The van der Waals surface area contributed by atoms with Crippen LogP contribution in [0.4, 0.5) is 0 Å². The molecule has 1 aliphatic carbocycles. The van der Waals surface area contributed by atoms with Gasteiger partial charge >= 0.3 is 0 Å². The first-order valence-electron chi connectivity index (χ1n) is 7.53. The van der Waals surface area contributed by atoms with E-state index in [9.17, 15) is 0 Å². The average Bonchev–Trinajstić information content (AvgIpc) is 3.30. The van der Waals surface area contributed by atoms with Crippen molar-refractivity contribution in [2.24, 2.45) is 0 Å². The number of nitrogens with zero attached hydrogens (tertiary/aromatic N) is 3. The van der Waals surface area contributed by atoms with Crippen molar-refractivity contribution in [2.45, 2.75) is 34.7 Å². The highest BCUT2D eigenvalue weighted by molar-refractivity contribution is 7.98. The molecule has 0 atom stereocenters. The molecule has 118 valence electrons. The van der Waals surface area contributed by atoms with Crippen LogP contribution in [-0.2, 0) is 5.75 Å². The molecule has 1 aliphatic rings. The molecular weight excluding hydrogens is 346 g/mol. The Hall–Kier alpha value is -1.17. The molecule has 4 rings (SSSR count). The molecule has 2 aromatic heterocycles. The van der Waals surface area contributed by atoms with E-state index in [1.165, 1.54) is 17.7 Å². The Kier molecular flexibility index (Phi) is 4.26. The lowest BCUT2D eigenvalue weighted by molar-refractivity contribution is 0.663. The number of hydrogen-bond donors (Lipinski definition) is 0. The van der Waals surface area contributed by atoms with E-state index >= 15 is 0 Å². The molecule has 3 nitrogen and oxygen atoms in total. The van der Waals surface area contributed by atoms with E-state index in [0.717, 1.165) is 27.4 Å². The zero-order valence-electron chi connectivity index (χ0n) is 12.7. The van der Waals surface area contributed by atoms with Gasteiger partial charge in [0.2, 0.25) is 0 Å². The van der Waals surface area contributed by atoms with Crippen LogP contribution in [0.1, 0.15) is 24.4 Å². The number of hydrogen-bond acceptors (Lipinski definition) is 4.